The molecule has 2 atom stereocenters. The minimum absolute atomic E-state index is 0.104. The molecule has 0 aliphatic heterocycles. The van der Waals surface area contributed by atoms with Crippen LogP contribution in [0.2, 0.25) is 0 Å². The van der Waals surface area contributed by atoms with E-state index in [9.17, 15) is 13.6 Å². The van der Waals surface area contributed by atoms with Gasteiger partial charge in [0.1, 0.15) is 23.3 Å². The first kappa shape index (κ1) is 14.8. The van der Waals surface area contributed by atoms with Crippen LogP contribution in [-0.2, 0) is 0 Å². The summed E-state index contributed by atoms with van der Waals surface area (Å²) in [5.41, 5.74) is 9.05. The molecule has 4 rings (SSSR count). The van der Waals surface area contributed by atoms with Gasteiger partial charge in [-0.25, -0.2) is 13.8 Å². The molecule has 6 heteroatoms. The minimum Gasteiger partial charge on any atom is -0.382 e. The summed E-state index contributed by atoms with van der Waals surface area (Å²) < 4.78 is 28.2. The van der Waals surface area contributed by atoms with Crippen molar-refractivity contribution in [3.05, 3.63) is 53.6 Å². The molecule has 1 aliphatic carbocycles. The average molecular weight is 327 g/mol. The van der Waals surface area contributed by atoms with Crippen LogP contribution in [0.4, 0.5) is 14.6 Å². The van der Waals surface area contributed by atoms with Gasteiger partial charge < -0.3 is 5.73 Å². The molecule has 0 amide bonds. The van der Waals surface area contributed by atoms with Gasteiger partial charge in [-0.3, -0.25) is 9.20 Å². The first-order chi connectivity index (χ1) is 11.5. The molecule has 2 aromatic heterocycles. The first-order valence-electron chi connectivity index (χ1n) is 7.68. The molecule has 2 N–H and O–H groups in total. The van der Waals surface area contributed by atoms with Crippen LogP contribution >= 0.6 is 0 Å². The Bertz CT molecular complexity index is 980. The highest BCUT2D eigenvalue weighted by atomic mass is 19.1. The number of hydrogen-bond acceptors (Lipinski definition) is 3. The van der Waals surface area contributed by atoms with Crippen LogP contribution in [0.25, 0.3) is 16.8 Å². The normalized spacial score (nSPS) is 19.6. The van der Waals surface area contributed by atoms with E-state index in [0.29, 0.717) is 5.65 Å². The van der Waals surface area contributed by atoms with Crippen molar-refractivity contribution in [2.75, 3.05) is 5.73 Å². The molecule has 0 bridgehead atoms. The number of aromatic nitrogens is 2. The predicted octanol–water partition coefficient (Wildman–Crippen LogP) is 3.57. The highest BCUT2D eigenvalue weighted by Crippen LogP contribution is 2.38. The number of anilines is 1. The highest BCUT2D eigenvalue weighted by molar-refractivity contribution is 6.03. The molecule has 2 heterocycles. The van der Waals surface area contributed by atoms with Gasteiger partial charge in [0.15, 0.2) is 11.6 Å². The molecule has 1 fully saturated rings. The zero-order valence-corrected chi connectivity index (χ0v) is 13.0. The molecule has 4 nitrogen and oxygen atoms in total. The maximum absolute atomic E-state index is 13.3. The van der Waals surface area contributed by atoms with E-state index in [-0.39, 0.29) is 29.5 Å². The summed E-state index contributed by atoms with van der Waals surface area (Å²) in [5.74, 6) is -1.14. The van der Waals surface area contributed by atoms with E-state index in [1.807, 2.05) is 13.0 Å². The van der Waals surface area contributed by atoms with Gasteiger partial charge in [0.25, 0.3) is 0 Å². The van der Waals surface area contributed by atoms with Crippen molar-refractivity contribution >= 4 is 17.2 Å². The van der Waals surface area contributed by atoms with Crippen molar-refractivity contribution in [1.82, 2.24) is 9.38 Å². The number of ketones is 1. The van der Waals surface area contributed by atoms with Crippen molar-refractivity contribution < 1.29 is 13.6 Å². The second kappa shape index (κ2) is 5.12. The van der Waals surface area contributed by atoms with Gasteiger partial charge in [0.2, 0.25) is 0 Å². The van der Waals surface area contributed by atoms with E-state index in [1.165, 1.54) is 12.1 Å². The third-order valence-corrected chi connectivity index (χ3v) is 4.43. The van der Waals surface area contributed by atoms with Gasteiger partial charge in [-0.15, -0.1) is 0 Å². The number of pyridine rings is 1. The maximum Gasteiger partial charge on any atom is 0.189 e. The van der Waals surface area contributed by atoms with E-state index >= 15 is 0 Å². The smallest absolute Gasteiger partial charge is 0.189 e. The number of nitrogen functional groups attached to an aromatic ring is 1. The Hall–Kier alpha value is -2.76. The summed E-state index contributed by atoms with van der Waals surface area (Å²) in [7, 11) is 0. The SMILES string of the molecule is Cc1cc(F)ccc1-c1ccc2nc(N)c(C(=O)[C@H]3C[C@@H]3F)n2c1. The number of hydrogen-bond donors (Lipinski definition) is 1. The Morgan fingerprint density at radius 2 is 2.08 bits per heavy atom. The Kier molecular flexibility index (Phi) is 3.16. The van der Waals surface area contributed by atoms with Crippen molar-refractivity contribution in [3.63, 3.8) is 0 Å². The zero-order chi connectivity index (χ0) is 17.0. The minimum atomic E-state index is -1.09. The second-order valence-electron chi connectivity index (χ2n) is 6.17. The number of carbonyl (C=O) groups is 1. The maximum atomic E-state index is 13.3. The number of alkyl halides is 1. The lowest BCUT2D eigenvalue weighted by Gasteiger charge is -2.08. The van der Waals surface area contributed by atoms with Crippen LogP contribution in [0, 0.1) is 18.7 Å². The molecular weight excluding hydrogens is 312 g/mol. The largest absolute Gasteiger partial charge is 0.382 e. The summed E-state index contributed by atoms with van der Waals surface area (Å²) in [6.45, 7) is 1.81. The third kappa shape index (κ3) is 2.26. The summed E-state index contributed by atoms with van der Waals surface area (Å²) in [6.07, 6.45) is 0.884. The van der Waals surface area contributed by atoms with Gasteiger partial charge in [0, 0.05) is 6.20 Å². The molecule has 0 unspecified atom stereocenters. The quantitative estimate of drug-likeness (QED) is 0.748. The molecular formula is C18H15F2N3O. The van der Waals surface area contributed by atoms with E-state index < -0.39 is 12.1 Å². The molecule has 3 aromatic rings. The van der Waals surface area contributed by atoms with Crippen LogP contribution in [0.5, 0.6) is 0 Å². The third-order valence-electron chi connectivity index (χ3n) is 4.43. The number of imidazole rings is 1. The lowest BCUT2D eigenvalue weighted by Crippen LogP contribution is -2.10. The Morgan fingerprint density at radius 3 is 2.75 bits per heavy atom. The number of nitrogens with two attached hydrogens (primary N) is 1. The molecule has 1 saturated carbocycles. The van der Waals surface area contributed by atoms with Gasteiger partial charge in [-0.1, -0.05) is 6.07 Å². The van der Waals surface area contributed by atoms with Crippen LogP contribution in [-0.4, -0.2) is 21.3 Å². The summed E-state index contributed by atoms with van der Waals surface area (Å²) in [5, 5.41) is 0. The van der Waals surface area contributed by atoms with Crippen LogP contribution < -0.4 is 5.73 Å². The number of benzene rings is 1. The molecule has 0 radical (unpaired) electrons. The summed E-state index contributed by atoms with van der Waals surface area (Å²) >= 11 is 0. The second-order valence-corrected chi connectivity index (χ2v) is 6.17. The zero-order valence-electron chi connectivity index (χ0n) is 13.0. The lowest BCUT2D eigenvalue weighted by molar-refractivity contribution is 0.0952. The van der Waals surface area contributed by atoms with E-state index in [1.54, 1.807) is 22.7 Å². The van der Waals surface area contributed by atoms with E-state index in [0.717, 1.165) is 16.7 Å². The molecule has 0 saturated heterocycles. The number of aryl methyl sites for hydroxylation is 1. The number of halogens is 2. The van der Waals surface area contributed by atoms with Gasteiger partial charge in [-0.2, -0.15) is 0 Å². The number of nitrogens with zero attached hydrogens (tertiary/aromatic N) is 2. The van der Waals surface area contributed by atoms with Crippen LogP contribution in [0.1, 0.15) is 22.5 Å². The average Bonchev–Trinajstić information content (AvgIpc) is 3.16. The fraction of sp³-hybridized carbons (Fsp3) is 0.222. The predicted molar refractivity (Wildman–Crippen MR) is 87.1 cm³/mol. The van der Waals surface area contributed by atoms with Gasteiger partial charge >= 0.3 is 0 Å². The Morgan fingerprint density at radius 1 is 1.33 bits per heavy atom. The highest BCUT2D eigenvalue weighted by Gasteiger charge is 2.45. The standard InChI is InChI=1S/C18H15F2N3O/c1-9-6-11(19)3-4-12(9)10-2-5-15-22-18(21)16(23(15)8-10)17(24)13-7-14(13)20/h2-6,8,13-14H,7,21H2,1H3/t13-,14-/m0/s1. The van der Waals surface area contributed by atoms with Gasteiger partial charge in [0.05, 0.1) is 5.92 Å². The first-order valence-corrected chi connectivity index (χ1v) is 7.68. The Labute approximate surface area is 136 Å². The number of Topliss-reactive ketones (excluding diaryl/α,β-unsaturated/α-hetero) is 1. The Balaban J connectivity index is 1.86. The van der Waals surface area contributed by atoms with Crippen molar-refractivity contribution in [3.8, 4) is 11.1 Å². The topological polar surface area (TPSA) is 60.4 Å². The number of carbonyl (C=O) groups excluding carboxylic acids is 1. The van der Waals surface area contributed by atoms with E-state index in [2.05, 4.69) is 4.98 Å². The number of rotatable bonds is 3. The molecule has 1 aromatic carbocycles. The van der Waals surface area contributed by atoms with Crippen molar-refractivity contribution in [2.24, 2.45) is 5.92 Å². The lowest BCUT2D eigenvalue weighted by atomic mass is 10.0. The molecule has 0 spiro atoms. The fourth-order valence-corrected chi connectivity index (χ4v) is 3.03. The summed E-state index contributed by atoms with van der Waals surface area (Å²) in [4.78, 5) is 16.6. The molecule has 24 heavy (non-hydrogen) atoms. The van der Waals surface area contributed by atoms with E-state index in [4.69, 9.17) is 5.73 Å². The number of fused-ring (bicyclic) bond motifs is 1. The van der Waals surface area contributed by atoms with Crippen molar-refractivity contribution in [2.45, 2.75) is 19.5 Å². The monoisotopic (exact) mass is 327 g/mol. The van der Waals surface area contributed by atoms with Crippen molar-refractivity contribution in [1.29, 1.82) is 0 Å². The summed E-state index contributed by atoms with van der Waals surface area (Å²) in [6, 6.07) is 8.10. The fourth-order valence-electron chi connectivity index (χ4n) is 3.03. The molecule has 1 aliphatic rings. The van der Waals surface area contributed by atoms with Gasteiger partial charge in [-0.05, 0) is 54.3 Å². The van der Waals surface area contributed by atoms with Crippen LogP contribution in [0.3, 0.4) is 0 Å². The van der Waals surface area contributed by atoms with Crippen LogP contribution in [0.15, 0.2) is 36.5 Å². The molecule has 122 valence electrons.